The van der Waals surface area contributed by atoms with Crippen LogP contribution in [0.15, 0.2) is 54.6 Å². The topological polar surface area (TPSA) is 38.3 Å². The minimum atomic E-state index is -0.386. The van der Waals surface area contributed by atoms with Crippen molar-refractivity contribution in [2.75, 3.05) is 7.11 Å². The maximum absolute atomic E-state index is 13.5. The maximum Gasteiger partial charge on any atom is 0.231 e. The van der Waals surface area contributed by atoms with Crippen LogP contribution in [0.5, 0.6) is 5.75 Å². The molecule has 27 heavy (non-hydrogen) atoms. The first-order chi connectivity index (χ1) is 13.0. The summed E-state index contributed by atoms with van der Waals surface area (Å²) < 4.78 is 5.28. The Morgan fingerprint density at radius 2 is 1.67 bits per heavy atom. The van der Waals surface area contributed by atoms with Crippen LogP contribution in [0.2, 0.25) is 0 Å². The van der Waals surface area contributed by atoms with E-state index in [0.717, 1.165) is 49.0 Å². The van der Waals surface area contributed by atoms with Gasteiger partial charge in [0.05, 0.1) is 18.6 Å². The molecular weight excluding hydrogens is 334 g/mol. The average molecular weight is 366 g/mol. The summed E-state index contributed by atoms with van der Waals surface area (Å²) in [7, 11) is 1.67. The summed E-state index contributed by atoms with van der Waals surface area (Å²) >= 11 is 0. The van der Waals surface area contributed by atoms with E-state index in [0.29, 0.717) is 5.92 Å². The van der Waals surface area contributed by atoms with Crippen LogP contribution in [-0.4, -0.2) is 13.0 Å². The molecule has 144 valence electrons. The Kier molecular flexibility index (Phi) is 6.20. The minimum Gasteiger partial charge on any atom is -0.497 e. The lowest BCUT2D eigenvalue weighted by molar-refractivity contribution is -0.127. The molecular formula is C24H31NO2. The molecule has 2 aromatic carbocycles. The van der Waals surface area contributed by atoms with E-state index >= 15 is 0 Å². The van der Waals surface area contributed by atoms with E-state index in [9.17, 15) is 4.79 Å². The number of nitrogens with one attached hydrogen (secondary N) is 1. The summed E-state index contributed by atoms with van der Waals surface area (Å²) in [5, 5.41) is 3.40. The van der Waals surface area contributed by atoms with Crippen molar-refractivity contribution in [2.24, 2.45) is 5.92 Å². The Hall–Kier alpha value is -2.29. The SMILES string of the molecule is COc1ccc([C@@H](CC(C)C)NC(=O)C2(c3ccccc3)CCCC2)cc1. The number of benzene rings is 2. The highest BCUT2D eigenvalue weighted by Crippen LogP contribution is 2.42. The Morgan fingerprint density at radius 3 is 2.22 bits per heavy atom. The van der Waals surface area contributed by atoms with Gasteiger partial charge in [0, 0.05) is 0 Å². The van der Waals surface area contributed by atoms with Gasteiger partial charge in [0.1, 0.15) is 5.75 Å². The third-order valence-corrected chi connectivity index (χ3v) is 5.75. The summed E-state index contributed by atoms with van der Waals surface area (Å²) in [6.07, 6.45) is 5.00. The highest BCUT2D eigenvalue weighted by Gasteiger charge is 2.43. The van der Waals surface area contributed by atoms with Crippen molar-refractivity contribution in [2.45, 2.75) is 57.4 Å². The molecule has 0 aliphatic heterocycles. The molecule has 1 aliphatic rings. The molecule has 3 nitrogen and oxygen atoms in total. The molecule has 1 aliphatic carbocycles. The van der Waals surface area contributed by atoms with E-state index in [2.05, 4.69) is 43.4 Å². The molecule has 0 heterocycles. The monoisotopic (exact) mass is 365 g/mol. The number of carbonyl (C=O) groups is 1. The largest absolute Gasteiger partial charge is 0.497 e. The van der Waals surface area contributed by atoms with E-state index in [1.54, 1.807) is 7.11 Å². The second kappa shape index (κ2) is 8.60. The molecule has 0 bridgehead atoms. The Bertz CT molecular complexity index is 731. The van der Waals surface area contributed by atoms with E-state index in [1.165, 1.54) is 0 Å². The van der Waals surface area contributed by atoms with Crippen molar-refractivity contribution >= 4 is 5.91 Å². The predicted octanol–water partition coefficient (Wildman–Crippen LogP) is 5.41. The van der Waals surface area contributed by atoms with Crippen LogP contribution in [0, 0.1) is 5.92 Å². The maximum atomic E-state index is 13.5. The highest BCUT2D eigenvalue weighted by atomic mass is 16.5. The second-order valence-corrected chi connectivity index (χ2v) is 8.08. The van der Waals surface area contributed by atoms with Gasteiger partial charge in [-0.3, -0.25) is 4.79 Å². The Labute approximate surface area is 163 Å². The average Bonchev–Trinajstić information content (AvgIpc) is 3.19. The van der Waals surface area contributed by atoms with Gasteiger partial charge in [-0.2, -0.15) is 0 Å². The molecule has 0 unspecified atom stereocenters. The van der Waals surface area contributed by atoms with Crippen molar-refractivity contribution in [3.63, 3.8) is 0 Å². The third kappa shape index (κ3) is 4.35. The van der Waals surface area contributed by atoms with Crippen molar-refractivity contribution in [3.8, 4) is 5.75 Å². The molecule has 2 aromatic rings. The van der Waals surface area contributed by atoms with Crippen LogP contribution in [0.1, 0.15) is 63.1 Å². The third-order valence-electron chi connectivity index (χ3n) is 5.75. The number of amides is 1. The fourth-order valence-electron chi connectivity index (χ4n) is 4.26. The summed E-state index contributed by atoms with van der Waals surface area (Å²) in [6, 6.07) is 18.4. The smallest absolute Gasteiger partial charge is 0.231 e. The van der Waals surface area contributed by atoms with Crippen LogP contribution in [-0.2, 0) is 10.2 Å². The van der Waals surface area contributed by atoms with Crippen molar-refractivity contribution in [1.82, 2.24) is 5.32 Å². The quantitative estimate of drug-likeness (QED) is 0.712. The molecule has 0 saturated heterocycles. The molecule has 0 spiro atoms. The van der Waals surface area contributed by atoms with Gasteiger partial charge in [-0.1, -0.05) is 69.2 Å². The van der Waals surface area contributed by atoms with Gasteiger partial charge >= 0.3 is 0 Å². The first-order valence-electron chi connectivity index (χ1n) is 10.1. The first kappa shape index (κ1) is 19.5. The van der Waals surface area contributed by atoms with Crippen molar-refractivity contribution < 1.29 is 9.53 Å². The van der Waals surface area contributed by atoms with Gasteiger partial charge in [-0.05, 0) is 48.4 Å². The molecule has 1 N–H and O–H groups in total. The summed E-state index contributed by atoms with van der Waals surface area (Å²) in [5.41, 5.74) is 1.90. The van der Waals surface area contributed by atoms with Gasteiger partial charge in [-0.25, -0.2) is 0 Å². The molecule has 3 rings (SSSR count). The van der Waals surface area contributed by atoms with Crippen LogP contribution in [0.4, 0.5) is 0 Å². The van der Waals surface area contributed by atoms with E-state index in [1.807, 2.05) is 30.3 Å². The van der Waals surface area contributed by atoms with Gasteiger partial charge in [0.2, 0.25) is 5.91 Å². The standard InChI is InChI=1S/C24H31NO2/c1-18(2)17-22(19-11-13-21(27-3)14-12-19)25-23(26)24(15-7-8-16-24)20-9-5-4-6-10-20/h4-6,9-14,18,22H,7-8,15-17H2,1-3H3,(H,25,26)/t22-/m1/s1. The lowest BCUT2D eigenvalue weighted by atomic mass is 9.77. The van der Waals surface area contributed by atoms with Crippen molar-refractivity contribution in [3.05, 3.63) is 65.7 Å². The number of hydrogen-bond donors (Lipinski definition) is 1. The minimum absolute atomic E-state index is 0.0181. The van der Waals surface area contributed by atoms with Gasteiger partial charge < -0.3 is 10.1 Å². The van der Waals surface area contributed by atoms with Gasteiger partial charge in [0.15, 0.2) is 0 Å². The van der Waals surface area contributed by atoms with Crippen molar-refractivity contribution in [1.29, 1.82) is 0 Å². The fourth-order valence-corrected chi connectivity index (χ4v) is 4.26. The Morgan fingerprint density at radius 1 is 1.04 bits per heavy atom. The van der Waals surface area contributed by atoms with E-state index < -0.39 is 0 Å². The van der Waals surface area contributed by atoms with Crippen LogP contribution < -0.4 is 10.1 Å². The van der Waals surface area contributed by atoms with Crippen LogP contribution in [0.3, 0.4) is 0 Å². The Balaban J connectivity index is 1.86. The lowest BCUT2D eigenvalue weighted by Gasteiger charge is -2.32. The van der Waals surface area contributed by atoms with Gasteiger partial charge in [-0.15, -0.1) is 0 Å². The zero-order valence-corrected chi connectivity index (χ0v) is 16.7. The fraction of sp³-hybridized carbons (Fsp3) is 0.458. The normalized spacial score (nSPS) is 16.9. The zero-order valence-electron chi connectivity index (χ0n) is 16.7. The number of methoxy groups -OCH3 is 1. The van der Waals surface area contributed by atoms with Crippen LogP contribution in [0.25, 0.3) is 0 Å². The van der Waals surface area contributed by atoms with E-state index in [4.69, 9.17) is 4.74 Å². The summed E-state index contributed by atoms with van der Waals surface area (Å²) in [4.78, 5) is 13.5. The predicted molar refractivity (Wildman–Crippen MR) is 110 cm³/mol. The molecule has 1 saturated carbocycles. The summed E-state index contributed by atoms with van der Waals surface area (Å²) in [6.45, 7) is 4.40. The van der Waals surface area contributed by atoms with E-state index in [-0.39, 0.29) is 17.4 Å². The molecule has 0 aromatic heterocycles. The highest BCUT2D eigenvalue weighted by molar-refractivity contribution is 5.89. The summed E-state index contributed by atoms with van der Waals surface area (Å²) in [5.74, 6) is 1.51. The second-order valence-electron chi connectivity index (χ2n) is 8.08. The molecule has 1 atom stereocenters. The number of ether oxygens (including phenoxy) is 1. The van der Waals surface area contributed by atoms with Gasteiger partial charge in [0.25, 0.3) is 0 Å². The zero-order chi connectivity index (χ0) is 19.3. The first-order valence-corrected chi connectivity index (χ1v) is 10.1. The molecule has 1 fully saturated rings. The number of carbonyl (C=O) groups excluding carboxylic acids is 1. The van der Waals surface area contributed by atoms with Crippen LogP contribution >= 0.6 is 0 Å². The lowest BCUT2D eigenvalue weighted by Crippen LogP contribution is -2.44. The molecule has 1 amide bonds. The molecule has 3 heteroatoms. The number of rotatable bonds is 7. The molecule has 0 radical (unpaired) electrons. The number of hydrogen-bond acceptors (Lipinski definition) is 2.